The predicted octanol–water partition coefficient (Wildman–Crippen LogP) is 7.20. The SMILES string of the molecule is CCCCCCCCCCCCCCCCCCCCCC(O)C(=O)NC(COC1OC(CO)C(O)C(O)C1O)C(O)C=CCCC(O)C(C)=CC(O)CCCCCCC. The van der Waals surface area contributed by atoms with Crippen LogP contribution in [0.5, 0.6) is 0 Å². The van der Waals surface area contributed by atoms with E-state index in [2.05, 4.69) is 19.2 Å². The van der Waals surface area contributed by atoms with Crippen LogP contribution in [0.2, 0.25) is 0 Å². The Labute approximate surface area is 364 Å². The van der Waals surface area contributed by atoms with E-state index in [9.17, 15) is 45.6 Å². The maximum Gasteiger partial charge on any atom is 0.249 e. The van der Waals surface area contributed by atoms with Crippen molar-refractivity contribution >= 4 is 5.91 Å². The number of aliphatic hydroxyl groups excluding tert-OH is 8. The van der Waals surface area contributed by atoms with Gasteiger partial charge in [0, 0.05) is 0 Å². The van der Waals surface area contributed by atoms with E-state index in [0.717, 1.165) is 44.9 Å². The van der Waals surface area contributed by atoms with E-state index in [4.69, 9.17) is 9.47 Å². The van der Waals surface area contributed by atoms with Gasteiger partial charge in [-0.3, -0.25) is 4.79 Å². The van der Waals surface area contributed by atoms with Crippen LogP contribution in [0.4, 0.5) is 0 Å². The van der Waals surface area contributed by atoms with E-state index >= 15 is 0 Å². The number of hydrogen-bond acceptors (Lipinski definition) is 11. The summed E-state index contributed by atoms with van der Waals surface area (Å²) in [5.74, 6) is -0.688. The average Bonchev–Trinajstić information content (AvgIpc) is 3.23. The first-order valence-corrected chi connectivity index (χ1v) is 24.3. The normalized spacial score (nSPS) is 22.5. The fourth-order valence-corrected chi connectivity index (χ4v) is 7.76. The number of nitrogens with one attached hydrogen (secondary N) is 1. The van der Waals surface area contributed by atoms with Gasteiger partial charge in [-0.25, -0.2) is 0 Å². The molecule has 0 radical (unpaired) electrons. The number of rotatable bonds is 39. The third-order valence-corrected chi connectivity index (χ3v) is 11.9. The van der Waals surface area contributed by atoms with Gasteiger partial charge in [-0.2, -0.15) is 0 Å². The van der Waals surface area contributed by atoms with Gasteiger partial charge in [0.15, 0.2) is 6.29 Å². The highest BCUT2D eigenvalue weighted by Gasteiger charge is 2.44. The van der Waals surface area contributed by atoms with E-state index in [-0.39, 0.29) is 6.42 Å². The zero-order chi connectivity index (χ0) is 44.4. The van der Waals surface area contributed by atoms with Crippen molar-refractivity contribution in [3.8, 4) is 0 Å². The van der Waals surface area contributed by atoms with Crippen LogP contribution in [-0.4, -0.2) is 121 Å². The fourth-order valence-electron chi connectivity index (χ4n) is 7.76. The third kappa shape index (κ3) is 26.9. The Balaban J connectivity index is 2.50. The highest BCUT2D eigenvalue weighted by atomic mass is 16.7. The number of ether oxygens (including phenoxy) is 2. The Kier molecular flexibility index (Phi) is 34.9. The molecule has 0 aromatic carbocycles. The molecule has 1 fully saturated rings. The minimum Gasteiger partial charge on any atom is -0.394 e. The topological polar surface area (TPSA) is 209 Å². The summed E-state index contributed by atoms with van der Waals surface area (Å²) in [5, 5.41) is 85.7. The minimum absolute atomic E-state index is 0.259. The van der Waals surface area contributed by atoms with Crippen molar-refractivity contribution in [2.45, 2.75) is 262 Å². The molecule has 0 bridgehead atoms. The molecule has 12 nitrogen and oxygen atoms in total. The van der Waals surface area contributed by atoms with Gasteiger partial charge in [-0.1, -0.05) is 186 Å². The van der Waals surface area contributed by atoms with Gasteiger partial charge in [0.2, 0.25) is 5.91 Å². The van der Waals surface area contributed by atoms with Crippen LogP contribution in [0.15, 0.2) is 23.8 Å². The summed E-state index contributed by atoms with van der Waals surface area (Å²) in [5.41, 5.74) is 0.669. The molecule has 12 heteroatoms. The molecular formula is C48H91NO11. The molecule has 0 spiro atoms. The van der Waals surface area contributed by atoms with Crippen molar-refractivity contribution in [2.24, 2.45) is 0 Å². The predicted molar refractivity (Wildman–Crippen MR) is 239 cm³/mol. The number of carbonyl (C=O) groups is 1. The zero-order valence-corrected chi connectivity index (χ0v) is 38.0. The summed E-state index contributed by atoms with van der Waals surface area (Å²) in [6, 6.07) is -1.10. The van der Waals surface area contributed by atoms with Crippen LogP contribution >= 0.6 is 0 Å². The molecule has 0 saturated carbocycles. The summed E-state index contributed by atoms with van der Waals surface area (Å²) in [7, 11) is 0. The number of unbranched alkanes of at least 4 members (excludes halogenated alkanes) is 22. The van der Waals surface area contributed by atoms with Gasteiger partial charge in [0.1, 0.15) is 30.5 Å². The van der Waals surface area contributed by atoms with Crippen LogP contribution in [0.25, 0.3) is 0 Å². The van der Waals surface area contributed by atoms with Crippen LogP contribution in [0.1, 0.15) is 201 Å². The Morgan fingerprint density at radius 3 is 1.58 bits per heavy atom. The van der Waals surface area contributed by atoms with E-state index in [1.807, 2.05) is 0 Å². The molecule has 354 valence electrons. The molecule has 1 rings (SSSR count). The number of aliphatic hydroxyl groups is 8. The van der Waals surface area contributed by atoms with Crippen LogP contribution in [-0.2, 0) is 14.3 Å². The second-order valence-corrected chi connectivity index (χ2v) is 17.5. The molecule has 60 heavy (non-hydrogen) atoms. The lowest BCUT2D eigenvalue weighted by Gasteiger charge is -2.40. The zero-order valence-electron chi connectivity index (χ0n) is 38.0. The third-order valence-electron chi connectivity index (χ3n) is 11.9. The first kappa shape index (κ1) is 56.6. The van der Waals surface area contributed by atoms with E-state index < -0.39 is 80.3 Å². The lowest BCUT2D eigenvalue weighted by atomic mass is 9.99. The maximum atomic E-state index is 13.1. The fraction of sp³-hybridized carbons (Fsp3) is 0.896. The van der Waals surface area contributed by atoms with E-state index in [1.165, 1.54) is 109 Å². The van der Waals surface area contributed by atoms with E-state index in [0.29, 0.717) is 31.3 Å². The lowest BCUT2D eigenvalue weighted by Crippen LogP contribution is -2.60. The summed E-state index contributed by atoms with van der Waals surface area (Å²) >= 11 is 0. The molecule has 0 aromatic heterocycles. The molecular weight excluding hydrogens is 767 g/mol. The van der Waals surface area contributed by atoms with Gasteiger partial charge in [0.25, 0.3) is 0 Å². The van der Waals surface area contributed by atoms with Gasteiger partial charge in [-0.05, 0) is 38.2 Å². The number of carbonyl (C=O) groups excluding carboxylic acids is 1. The first-order valence-electron chi connectivity index (χ1n) is 24.3. The lowest BCUT2D eigenvalue weighted by molar-refractivity contribution is -0.302. The van der Waals surface area contributed by atoms with Gasteiger partial charge in [0.05, 0.1) is 37.6 Å². The molecule has 9 N–H and O–H groups in total. The Morgan fingerprint density at radius 2 is 1.10 bits per heavy atom. The van der Waals surface area contributed by atoms with Gasteiger partial charge in [-0.15, -0.1) is 0 Å². The molecule has 1 aliphatic rings. The molecule has 1 heterocycles. The highest BCUT2D eigenvalue weighted by molar-refractivity contribution is 5.80. The molecule has 1 aliphatic heterocycles. The molecule has 0 aromatic rings. The van der Waals surface area contributed by atoms with E-state index in [1.54, 1.807) is 19.1 Å². The van der Waals surface area contributed by atoms with Crippen molar-refractivity contribution in [1.29, 1.82) is 0 Å². The van der Waals surface area contributed by atoms with Gasteiger partial charge < -0.3 is 55.6 Å². The van der Waals surface area contributed by atoms with Crippen molar-refractivity contribution in [1.82, 2.24) is 5.32 Å². The maximum absolute atomic E-state index is 13.1. The molecule has 10 unspecified atom stereocenters. The second-order valence-electron chi connectivity index (χ2n) is 17.5. The number of allylic oxidation sites excluding steroid dienone is 1. The smallest absolute Gasteiger partial charge is 0.249 e. The Bertz CT molecular complexity index is 1070. The Hall–Kier alpha value is -1.45. The highest BCUT2D eigenvalue weighted by Crippen LogP contribution is 2.23. The van der Waals surface area contributed by atoms with Crippen molar-refractivity contribution in [3.05, 3.63) is 23.8 Å². The summed E-state index contributed by atoms with van der Waals surface area (Å²) in [6.07, 6.45) is 24.2. The molecule has 10 atom stereocenters. The monoisotopic (exact) mass is 858 g/mol. The largest absolute Gasteiger partial charge is 0.394 e. The second kappa shape index (κ2) is 37.0. The van der Waals surface area contributed by atoms with Crippen molar-refractivity contribution < 1.29 is 55.1 Å². The van der Waals surface area contributed by atoms with Gasteiger partial charge >= 0.3 is 0 Å². The molecule has 0 aliphatic carbocycles. The first-order chi connectivity index (χ1) is 29.0. The van der Waals surface area contributed by atoms with Crippen LogP contribution in [0, 0.1) is 0 Å². The summed E-state index contributed by atoms with van der Waals surface area (Å²) in [6.45, 7) is 5.16. The van der Waals surface area contributed by atoms with Crippen molar-refractivity contribution in [3.63, 3.8) is 0 Å². The number of amides is 1. The van der Waals surface area contributed by atoms with Crippen LogP contribution in [0.3, 0.4) is 0 Å². The van der Waals surface area contributed by atoms with Crippen molar-refractivity contribution in [2.75, 3.05) is 13.2 Å². The average molecular weight is 858 g/mol. The molecule has 1 saturated heterocycles. The number of hydrogen-bond donors (Lipinski definition) is 9. The summed E-state index contributed by atoms with van der Waals surface area (Å²) < 4.78 is 11.1. The Morgan fingerprint density at radius 1 is 0.633 bits per heavy atom. The quantitative estimate of drug-likeness (QED) is 0.0223. The molecule has 1 amide bonds. The summed E-state index contributed by atoms with van der Waals surface area (Å²) in [4.78, 5) is 13.1. The van der Waals surface area contributed by atoms with Crippen LogP contribution < -0.4 is 5.32 Å². The standard InChI is InChI=1S/C48H91NO11/c1-4-6-8-10-11-12-13-14-15-16-17-18-19-20-21-22-23-25-27-33-42(54)47(58)49-39(36-59-48-46(57)45(56)44(55)43(35-50)60-48)41(53)32-29-28-31-40(52)37(3)34-38(51)30-26-24-9-7-5-2/h29,32,34,38-46,48,50-57H,4-28,30-31,33,35-36H2,1-3H3,(H,49,58). The minimum atomic E-state index is -1.66.